The molecule has 0 aliphatic rings. The van der Waals surface area contributed by atoms with E-state index in [0.717, 1.165) is 25.1 Å². The van der Waals surface area contributed by atoms with Crippen molar-refractivity contribution in [1.29, 1.82) is 0 Å². The summed E-state index contributed by atoms with van der Waals surface area (Å²) in [5.74, 6) is -1.06. The van der Waals surface area contributed by atoms with E-state index in [1.807, 2.05) is 12.1 Å². The smallest absolute Gasteiger partial charge is 0.133 e. The molecule has 0 bridgehead atoms. The second-order valence-electron chi connectivity index (χ2n) is 4.47. The van der Waals surface area contributed by atoms with Crippen molar-refractivity contribution < 1.29 is 8.78 Å². The van der Waals surface area contributed by atoms with Crippen LogP contribution >= 0.6 is 0 Å². The van der Waals surface area contributed by atoms with E-state index in [1.54, 1.807) is 12.1 Å². The van der Waals surface area contributed by atoms with E-state index in [-0.39, 0.29) is 5.56 Å². The van der Waals surface area contributed by atoms with Crippen molar-refractivity contribution in [3.63, 3.8) is 0 Å². The van der Waals surface area contributed by atoms with Crippen molar-refractivity contribution in [1.82, 2.24) is 5.32 Å². The van der Waals surface area contributed by atoms with Crippen LogP contribution in [0.1, 0.15) is 18.9 Å². The first-order chi connectivity index (χ1) is 9.22. The summed E-state index contributed by atoms with van der Waals surface area (Å²) in [5.41, 5.74) is 1.71. The highest BCUT2D eigenvalue weighted by Gasteiger charge is 2.10. The van der Waals surface area contributed by atoms with Crippen molar-refractivity contribution in [3.8, 4) is 11.1 Å². The van der Waals surface area contributed by atoms with E-state index < -0.39 is 11.6 Å². The minimum absolute atomic E-state index is 0.0376. The molecule has 0 aromatic heterocycles. The third-order valence-corrected chi connectivity index (χ3v) is 2.96. The monoisotopic (exact) mass is 261 g/mol. The Balaban J connectivity index is 2.18. The Morgan fingerprint density at radius 1 is 0.947 bits per heavy atom. The molecule has 2 rings (SSSR count). The van der Waals surface area contributed by atoms with Crippen molar-refractivity contribution in [2.75, 3.05) is 6.54 Å². The number of halogens is 2. The van der Waals surface area contributed by atoms with Crippen LogP contribution in [-0.2, 0) is 6.54 Å². The molecule has 0 unspecified atom stereocenters. The van der Waals surface area contributed by atoms with Crippen LogP contribution in [0, 0.1) is 11.6 Å². The van der Waals surface area contributed by atoms with Crippen LogP contribution in [0.25, 0.3) is 11.1 Å². The fourth-order valence-corrected chi connectivity index (χ4v) is 1.97. The van der Waals surface area contributed by atoms with Crippen LogP contribution in [0.15, 0.2) is 42.5 Å². The molecule has 0 heterocycles. The lowest BCUT2D eigenvalue weighted by Gasteiger charge is -2.07. The van der Waals surface area contributed by atoms with Gasteiger partial charge in [0.25, 0.3) is 0 Å². The average molecular weight is 261 g/mol. The summed E-state index contributed by atoms with van der Waals surface area (Å²) in [5, 5.41) is 3.29. The van der Waals surface area contributed by atoms with Gasteiger partial charge in [0.1, 0.15) is 11.6 Å². The number of benzene rings is 2. The number of hydrogen-bond acceptors (Lipinski definition) is 1. The molecule has 0 aliphatic heterocycles. The fourth-order valence-electron chi connectivity index (χ4n) is 1.97. The van der Waals surface area contributed by atoms with E-state index >= 15 is 0 Å². The number of hydrogen-bond donors (Lipinski definition) is 1. The summed E-state index contributed by atoms with van der Waals surface area (Å²) in [7, 11) is 0. The molecule has 0 saturated carbocycles. The predicted octanol–water partition coefficient (Wildman–Crippen LogP) is 4.13. The summed E-state index contributed by atoms with van der Waals surface area (Å²) >= 11 is 0. The van der Waals surface area contributed by atoms with Crippen molar-refractivity contribution in [3.05, 3.63) is 59.7 Å². The van der Waals surface area contributed by atoms with Gasteiger partial charge in [0, 0.05) is 6.54 Å². The maximum Gasteiger partial charge on any atom is 0.133 e. The lowest BCUT2D eigenvalue weighted by Crippen LogP contribution is -2.13. The molecule has 19 heavy (non-hydrogen) atoms. The van der Waals surface area contributed by atoms with E-state index in [4.69, 9.17) is 0 Å². The largest absolute Gasteiger partial charge is 0.313 e. The van der Waals surface area contributed by atoms with Gasteiger partial charge < -0.3 is 5.32 Å². The summed E-state index contributed by atoms with van der Waals surface area (Å²) < 4.78 is 27.3. The van der Waals surface area contributed by atoms with Gasteiger partial charge in [0.15, 0.2) is 0 Å². The second kappa shape index (κ2) is 6.43. The Hall–Kier alpha value is -1.74. The molecule has 1 N–H and O–H groups in total. The third kappa shape index (κ3) is 3.38. The summed E-state index contributed by atoms with van der Waals surface area (Å²) in [6, 6.07) is 11.2. The van der Waals surface area contributed by atoms with Gasteiger partial charge >= 0.3 is 0 Å². The number of rotatable bonds is 5. The zero-order valence-electron chi connectivity index (χ0n) is 10.9. The highest BCUT2D eigenvalue weighted by atomic mass is 19.1. The second-order valence-corrected chi connectivity index (χ2v) is 4.47. The van der Waals surface area contributed by atoms with Crippen molar-refractivity contribution in [2.24, 2.45) is 0 Å². The Morgan fingerprint density at radius 2 is 1.58 bits per heavy atom. The van der Waals surface area contributed by atoms with Crippen LogP contribution in [0.2, 0.25) is 0 Å². The van der Waals surface area contributed by atoms with Crippen LogP contribution in [0.4, 0.5) is 8.78 Å². The van der Waals surface area contributed by atoms with Gasteiger partial charge in [-0.2, -0.15) is 0 Å². The van der Waals surface area contributed by atoms with E-state index in [1.165, 1.54) is 18.2 Å². The maximum atomic E-state index is 13.6. The maximum absolute atomic E-state index is 13.6. The first kappa shape index (κ1) is 13.7. The standard InChI is InChI=1S/C16H17F2N/c1-2-10-19-11-12-6-8-13(9-7-12)16-14(17)4-3-5-15(16)18/h3-9,19H,2,10-11H2,1H3. The SMILES string of the molecule is CCCNCc1ccc(-c2c(F)cccc2F)cc1. The zero-order chi connectivity index (χ0) is 13.7. The van der Waals surface area contributed by atoms with Gasteiger partial charge in [-0.05, 0) is 36.2 Å². The Kier molecular flexibility index (Phi) is 4.63. The molecule has 1 nitrogen and oxygen atoms in total. The Labute approximate surface area is 112 Å². The number of nitrogens with one attached hydrogen (secondary N) is 1. The minimum Gasteiger partial charge on any atom is -0.313 e. The molecular formula is C16H17F2N. The van der Waals surface area contributed by atoms with Crippen molar-refractivity contribution >= 4 is 0 Å². The van der Waals surface area contributed by atoms with Crippen LogP contribution in [0.5, 0.6) is 0 Å². The highest BCUT2D eigenvalue weighted by Crippen LogP contribution is 2.26. The van der Waals surface area contributed by atoms with Gasteiger partial charge in [-0.1, -0.05) is 37.3 Å². The molecule has 2 aromatic carbocycles. The van der Waals surface area contributed by atoms with Crippen LogP contribution < -0.4 is 5.32 Å². The first-order valence-corrected chi connectivity index (χ1v) is 6.46. The fraction of sp³-hybridized carbons (Fsp3) is 0.250. The summed E-state index contributed by atoms with van der Waals surface area (Å²) in [4.78, 5) is 0. The van der Waals surface area contributed by atoms with E-state index in [2.05, 4.69) is 12.2 Å². The van der Waals surface area contributed by atoms with Gasteiger partial charge in [-0.25, -0.2) is 8.78 Å². The molecule has 0 radical (unpaired) electrons. The molecule has 100 valence electrons. The molecule has 0 spiro atoms. The molecule has 0 fully saturated rings. The van der Waals surface area contributed by atoms with Gasteiger partial charge in [0.05, 0.1) is 5.56 Å². The highest BCUT2D eigenvalue weighted by molar-refractivity contribution is 5.65. The molecule has 0 aliphatic carbocycles. The Bertz CT molecular complexity index is 515. The van der Waals surface area contributed by atoms with E-state index in [9.17, 15) is 8.78 Å². The van der Waals surface area contributed by atoms with Gasteiger partial charge in [-0.3, -0.25) is 0 Å². The zero-order valence-corrected chi connectivity index (χ0v) is 10.9. The molecule has 0 amide bonds. The topological polar surface area (TPSA) is 12.0 Å². The summed E-state index contributed by atoms with van der Waals surface area (Å²) in [6.45, 7) is 3.84. The average Bonchev–Trinajstić information content (AvgIpc) is 2.40. The van der Waals surface area contributed by atoms with Crippen molar-refractivity contribution in [2.45, 2.75) is 19.9 Å². The van der Waals surface area contributed by atoms with Gasteiger partial charge in [0.2, 0.25) is 0 Å². The molecule has 3 heteroatoms. The van der Waals surface area contributed by atoms with Crippen LogP contribution in [0.3, 0.4) is 0 Å². The quantitative estimate of drug-likeness (QED) is 0.798. The molecular weight excluding hydrogens is 244 g/mol. The predicted molar refractivity (Wildman–Crippen MR) is 73.8 cm³/mol. The first-order valence-electron chi connectivity index (χ1n) is 6.46. The Morgan fingerprint density at radius 3 is 2.16 bits per heavy atom. The molecule has 0 atom stereocenters. The minimum atomic E-state index is -0.531. The lowest BCUT2D eigenvalue weighted by atomic mass is 10.0. The van der Waals surface area contributed by atoms with Crippen LogP contribution in [-0.4, -0.2) is 6.54 Å². The molecule has 2 aromatic rings. The normalized spacial score (nSPS) is 10.7. The molecule has 0 saturated heterocycles. The lowest BCUT2D eigenvalue weighted by molar-refractivity contribution is 0.589. The van der Waals surface area contributed by atoms with Gasteiger partial charge in [-0.15, -0.1) is 0 Å². The third-order valence-electron chi connectivity index (χ3n) is 2.96. The van der Waals surface area contributed by atoms with E-state index in [0.29, 0.717) is 5.56 Å². The summed E-state index contributed by atoms with van der Waals surface area (Å²) in [6.07, 6.45) is 1.08.